The molecule has 0 spiro atoms. The number of rotatable bonds is 4. The van der Waals surface area contributed by atoms with E-state index in [2.05, 4.69) is 4.98 Å². The van der Waals surface area contributed by atoms with E-state index in [4.69, 9.17) is 0 Å². The predicted octanol–water partition coefficient (Wildman–Crippen LogP) is 1.99. The molecule has 1 amide bonds. The summed E-state index contributed by atoms with van der Waals surface area (Å²) in [7, 11) is 0. The number of hydrogen-bond donors (Lipinski definition) is 1. The van der Waals surface area contributed by atoms with E-state index in [1.54, 1.807) is 17.3 Å². The first kappa shape index (κ1) is 19.6. The molecule has 0 bridgehead atoms. The van der Waals surface area contributed by atoms with Gasteiger partial charge in [-0.25, -0.2) is 9.78 Å². The van der Waals surface area contributed by atoms with Crippen molar-refractivity contribution in [2.45, 2.75) is 33.4 Å². The summed E-state index contributed by atoms with van der Waals surface area (Å²) >= 11 is 0. The van der Waals surface area contributed by atoms with Crippen LogP contribution < -0.4 is 5.56 Å². The van der Waals surface area contributed by atoms with Crippen LogP contribution in [0.5, 0.6) is 0 Å². The van der Waals surface area contributed by atoms with Crippen molar-refractivity contribution in [3.05, 3.63) is 81.3 Å². The Bertz CT molecular complexity index is 1210. The number of fused-ring (bicyclic) bond motifs is 1. The van der Waals surface area contributed by atoms with Crippen molar-refractivity contribution >= 4 is 11.9 Å². The van der Waals surface area contributed by atoms with Crippen LogP contribution in [0.2, 0.25) is 0 Å². The monoisotopic (exact) mass is 406 g/mol. The number of carboxylic acid groups (broad SMARTS) is 1. The summed E-state index contributed by atoms with van der Waals surface area (Å²) in [4.78, 5) is 42.7. The number of nitrogens with zero attached hydrogens (tertiary/aromatic N) is 4. The second-order valence-corrected chi connectivity index (χ2v) is 7.41. The molecule has 2 aromatic heterocycles. The van der Waals surface area contributed by atoms with Crippen molar-refractivity contribution in [2.24, 2.45) is 0 Å². The molecule has 1 aromatic carbocycles. The summed E-state index contributed by atoms with van der Waals surface area (Å²) in [6.45, 7) is 4.30. The van der Waals surface area contributed by atoms with Gasteiger partial charge in [-0.3, -0.25) is 9.59 Å². The highest BCUT2D eigenvalue weighted by Gasteiger charge is 2.27. The molecule has 3 aromatic rings. The molecule has 0 aliphatic carbocycles. The molecule has 8 nitrogen and oxygen atoms in total. The number of benzene rings is 1. The lowest BCUT2D eigenvalue weighted by molar-refractivity contribution is -0.129. The first-order valence-corrected chi connectivity index (χ1v) is 9.69. The van der Waals surface area contributed by atoms with Gasteiger partial charge in [0.2, 0.25) is 5.91 Å². The minimum absolute atomic E-state index is 0.0730. The van der Waals surface area contributed by atoms with Crippen LogP contribution in [0.15, 0.2) is 47.7 Å². The molecule has 154 valence electrons. The maximum absolute atomic E-state index is 13.0. The zero-order valence-electron chi connectivity index (χ0n) is 16.8. The largest absolute Gasteiger partial charge is 0.477 e. The Hall–Kier alpha value is -3.68. The topological polar surface area (TPSA) is 97.4 Å². The fraction of sp³-hybridized carbons (Fsp3) is 0.273. The number of carbonyl (C=O) groups excluding carboxylic acids is 1. The lowest BCUT2D eigenvalue weighted by atomic mass is 9.96. The molecule has 0 unspecified atom stereocenters. The number of aryl methyl sites for hydroxylation is 1. The molecule has 1 N–H and O–H groups in total. The average molecular weight is 406 g/mol. The van der Waals surface area contributed by atoms with Crippen LogP contribution in [0.25, 0.3) is 5.69 Å². The minimum atomic E-state index is -1.24. The van der Waals surface area contributed by atoms with Crippen molar-refractivity contribution in [3.8, 4) is 5.69 Å². The molecular weight excluding hydrogens is 384 g/mol. The van der Waals surface area contributed by atoms with Crippen molar-refractivity contribution in [3.63, 3.8) is 0 Å². The highest BCUT2D eigenvalue weighted by molar-refractivity contribution is 5.89. The van der Waals surface area contributed by atoms with E-state index in [0.717, 1.165) is 17.1 Å². The molecule has 0 atom stereocenters. The Morgan fingerprint density at radius 2 is 2.00 bits per heavy atom. The van der Waals surface area contributed by atoms with Gasteiger partial charge in [-0.15, -0.1) is 0 Å². The van der Waals surface area contributed by atoms with Gasteiger partial charge in [0.1, 0.15) is 11.4 Å². The summed E-state index contributed by atoms with van der Waals surface area (Å²) in [6.07, 6.45) is 5.60. The highest BCUT2D eigenvalue weighted by Crippen LogP contribution is 2.22. The molecule has 1 aliphatic rings. The molecule has 0 fully saturated rings. The molecular formula is C22H22N4O4. The molecule has 8 heteroatoms. The van der Waals surface area contributed by atoms with E-state index in [0.29, 0.717) is 30.6 Å². The molecule has 3 heterocycles. The summed E-state index contributed by atoms with van der Waals surface area (Å²) in [6, 6.07) is 7.62. The number of aromatic nitrogens is 3. The lowest BCUT2D eigenvalue weighted by Gasteiger charge is -2.29. The lowest BCUT2D eigenvalue weighted by Crippen LogP contribution is -2.38. The average Bonchev–Trinajstić information content (AvgIpc) is 3.14. The van der Waals surface area contributed by atoms with Crippen LogP contribution in [0.1, 0.15) is 39.8 Å². The van der Waals surface area contributed by atoms with Crippen LogP contribution in [0, 0.1) is 6.92 Å². The Morgan fingerprint density at radius 1 is 1.23 bits per heavy atom. The van der Waals surface area contributed by atoms with Crippen LogP contribution >= 0.6 is 0 Å². The zero-order valence-corrected chi connectivity index (χ0v) is 16.8. The van der Waals surface area contributed by atoms with E-state index < -0.39 is 11.5 Å². The molecule has 30 heavy (non-hydrogen) atoms. The molecule has 4 rings (SSSR count). The van der Waals surface area contributed by atoms with Gasteiger partial charge in [-0.1, -0.05) is 18.2 Å². The van der Waals surface area contributed by atoms with Gasteiger partial charge in [0.25, 0.3) is 5.56 Å². The normalized spacial score (nSPS) is 13.2. The van der Waals surface area contributed by atoms with E-state index in [9.17, 15) is 19.5 Å². The number of hydrogen-bond acceptors (Lipinski definition) is 4. The van der Waals surface area contributed by atoms with Crippen molar-refractivity contribution in [1.29, 1.82) is 0 Å². The van der Waals surface area contributed by atoms with Crippen LogP contribution in [0.3, 0.4) is 0 Å². The van der Waals surface area contributed by atoms with Crippen LogP contribution in [-0.4, -0.2) is 42.5 Å². The third kappa shape index (κ3) is 3.41. The maximum Gasteiger partial charge on any atom is 0.341 e. The van der Waals surface area contributed by atoms with E-state index in [-0.39, 0.29) is 18.0 Å². The van der Waals surface area contributed by atoms with Gasteiger partial charge in [0, 0.05) is 38.6 Å². The van der Waals surface area contributed by atoms with Gasteiger partial charge in [-0.2, -0.15) is 0 Å². The van der Waals surface area contributed by atoms with Gasteiger partial charge in [0.15, 0.2) is 0 Å². The standard InChI is InChI=1S/C22H22N4O4/c1-14-23-8-10-26(14)19-6-4-3-5-16(19)11-25-13-17-12-24(15(2)27)9-7-18(17)20(21(25)28)22(29)30/h3-6,8,10,13H,7,9,11-12H2,1-2H3,(H,29,30). The number of para-hydroxylation sites is 1. The van der Waals surface area contributed by atoms with Gasteiger partial charge < -0.3 is 19.1 Å². The Kier molecular flexibility index (Phi) is 4.99. The number of amides is 1. The molecule has 0 saturated heterocycles. The van der Waals surface area contributed by atoms with E-state index in [1.165, 1.54) is 11.5 Å². The number of pyridine rings is 1. The fourth-order valence-corrected chi connectivity index (χ4v) is 4.01. The molecule has 1 aliphatic heterocycles. The number of imidazole rings is 1. The Balaban J connectivity index is 1.82. The second-order valence-electron chi connectivity index (χ2n) is 7.41. The van der Waals surface area contributed by atoms with Crippen molar-refractivity contribution in [1.82, 2.24) is 19.0 Å². The second kappa shape index (κ2) is 7.62. The third-order valence-electron chi connectivity index (χ3n) is 5.55. The SMILES string of the molecule is CC(=O)N1CCc2c(cn(Cc3ccccc3-n3ccnc3C)c(=O)c2C(=O)O)C1. The molecule has 0 saturated carbocycles. The highest BCUT2D eigenvalue weighted by atomic mass is 16.4. The smallest absolute Gasteiger partial charge is 0.341 e. The van der Waals surface area contributed by atoms with Crippen molar-refractivity contribution in [2.75, 3.05) is 6.54 Å². The van der Waals surface area contributed by atoms with Gasteiger partial charge in [-0.05, 0) is 36.1 Å². The number of aromatic carboxylic acids is 1. The summed E-state index contributed by atoms with van der Waals surface area (Å²) in [5.41, 5.74) is 2.22. The van der Waals surface area contributed by atoms with Gasteiger partial charge in [0.05, 0.1) is 12.2 Å². The summed E-state index contributed by atoms with van der Waals surface area (Å²) < 4.78 is 3.35. The minimum Gasteiger partial charge on any atom is -0.477 e. The van der Waals surface area contributed by atoms with Crippen LogP contribution in [-0.2, 0) is 24.3 Å². The number of carboxylic acids is 1. The first-order chi connectivity index (χ1) is 14.4. The van der Waals surface area contributed by atoms with Gasteiger partial charge >= 0.3 is 5.97 Å². The Labute approximate surface area is 173 Å². The first-order valence-electron chi connectivity index (χ1n) is 9.69. The number of carbonyl (C=O) groups is 2. The van der Waals surface area contributed by atoms with E-state index >= 15 is 0 Å². The maximum atomic E-state index is 13.0. The zero-order chi connectivity index (χ0) is 21.4. The van der Waals surface area contributed by atoms with E-state index in [1.807, 2.05) is 42.0 Å². The van der Waals surface area contributed by atoms with Crippen LogP contribution in [0.4, 0.5) is 0 Å². The quantitative estimate of drug-likeness (QED) is 0.715. The summed E-state index contributed by atoms with van der Waals surface area (Å²) in [5, 5.41) is 9.72. The predicted molar refractivity (Wildman–Crippen MR) is 110 cm³/mol. The molecule has 0 radical (unpaired) electrons. The third-order valence-corrected chi connectivity index (χ3v) is 5.55. The van der Waals surface area contributed by atoms with Crippen molar-refractivity contribution < 1.29 is 14.7 Å². The summed E-state index contributed by atoms with van der Waals surface area (Å²) in [5.74, 6) is -0.500. The Morgan fingerprint density at radius 3 is 2.67 bits per heavy atom. The fourth-order valence-electron chi connectivity index (χ4n) is 4.01.